The lowest BCUT2D eigenvalue weighted by atomic mass is 11.6. The second-order valence-corrected chi connectivity index (χ2v) is 12.9. The summed E-state index contributed by atoms with van der Waals surface area (Å²) in [6, 6.07) is -7.78. The molecule has 0 N–H and O–H groups in total. The quantitative estimate of drug-likeness (QED) is 0.458. The van der Waals surface area contributed by atoms with Crippen LogP contribution in [0.25, 0.3) is 0 Å². The highest BCUT2D eigenvalue weighted by molar-refractivity contribution is 6.77. The highest BCUT2D eigenvalue weighted by atomic mass is 28.3. The zero-order valence-corrected chi connectivity index (χ0v) is 10.9. The highest BCUT2D eigenvalue weighted by Crippen LogP contribution is 2.11. The van der Waals surface area contributed by atoms with Gasteiger partial charge in [-0.15, -0.1) is 0 Å². The molecular formula is C4H10F6Si3. The van der Waals surface area contributed by atoms with E-state index in [0.717, 1.165) is 0 Å². The molecule has 13 heavy (non-hydrogen) atoms. The summed E-state index contributed by atoms with van der Waals surface area (Å²) in [6.07, 6.45) is 0. The smallest absolute Gasteiger partial charge is 0.214 e. The van der Waals surface area contributed by atoms with Crippen LogP contribution < -0.4 is 0 Å². The van der Waals surface area contributed by atoms with E-state index in [1.165, 1.54) is 0 Å². The predicted molar refractivity (Wildman–Crippen MR) is 47.4 cm³/mol. The van der Waals surface area contributed by atoms with Crippen molar-refractivity contribution < 1.29 is 26.3 Å². The van der Waals surface area contributed by atoms with Gasteiger partial charge in [-0.2, -0.15) is 0 Å². The minimum absolute atomic E-state index is 0.875. The molecule has 0 aromatic heterocycles. The molecule has 0 aromatic rings. The van der Waals surface area contributed by atoms with Gasteiger partial charge in [0.15, 0.2) is 0 Å². The molecule has 0 heterocycles. The number of halogens is 6. The van der Waals surface area contributed by atoms with Gasteiger partial charge in [0, 0.05) is 0 Å². The first-order valence-electron chi connectivity index (χ1n) is 3.76. The van der Waals surface area contributed by atoms with E-state index >= 15 is 0 Å². The SMILES string of the molecule is FC(F)[SiH2]C([SiH2]C(F)F)[SiH2]C(F)F. The lowest BCUT2D eigenvalue weighted by Gasteiger charge is -2.12. The van der Waals surface area contributed by atoms with Crippen molar-refractivity contribution >= 4 is 28.6 Å². The van der Waals surface area contributed by atoms with Crippen LogP contribution in [0.15, 0.2) is 0 Å². The summed E-state index contributed by atoms with van der Waals surface area (Å²) in [6.45, 7) is 0. The third-order valence-electron chi connectivity index (χ3n) is 1.53. The molecule has 0 amide bonds. The molecular weight excluding hydrogens is 246 g/mol. The summed E-state index contributed by atoms with van der Waals surface area (Å²) in [4.78, 5) is -0.875. The Kier molecular flexibility index (Phi) is 6.77. The molecule has 0 unspecified atom stereocenters. The lowest BCUT2D eigenvalue weighted by molar-refractivity contribution is 0.230. The van der Waals surface area contributed by atoms with Gasteiger partial charge in [0.2, 0.25) is 18.1 Å². The molecule has 0 aromatic carbocycles. The molecule has 0 spiro atoms. The zero-order valence-electron chi connectivity index (χ0n) is 6.70. The van der Waals surface area contributed by atoms with Crippen molar-refractivity contribution in [1.29, 1.82) is 0 Å². The Morgan fingerprint density at radius 1 is 0.538 bits per heavy atom. The molecule has 0 bridgehead atoms. The van der Waals surface area contributed by atoms with Crippen LogP contribution in [0.3, 0.4) is 0 Å². The molecule has 0 rings (SSSR count). The van der Waals surface area contributed by atoms with Gasteiger partial charge in [0.1, 0.15) is 28.6 Å². The molecule has 80 valence electrons. The van der Waals surface area contributed by atoms with Gasteiger partial charge in [-0.25, -0.2) is 26.3 Å². The predicted octanol–water partition coefficient (Wildman–Crippen LogP) is -0.136. The van der Waals surface area contributed by atoms with Crippen LogP contribution in [-0.2, 0) is 0 Å². The van der Waals surface area contributed by atoms with Crippen molar-refractivity contribution in [2.45, 2.75) is 22.9 Å². The Balaban J connectivity index is 3.87. The van der Waals surface area contributed by atoms with Gasteiger partial charge in [0.25, 0.3) is 0 Å². The maximum absolute atomic E-state index is 11.8. The summed E-state index contributed by atoms with van der Waals surface area (Å²) in [7, 11) is -5.99. The van der Waals surface area contributed by atoms with Crippen molar-refractivity contribution in [2.75, 3.05) is 0 Å². The maximum Gasteiger partial charge on any atom is 0.214 e. The first kappa shape index (κ1) is 13.2. The number of hydrogen-bond acceptors (Lipinski definition) is 0. The molecule has 0 radical (unpaired) electrons. The van der Waals surface area contributed by atoms with Gasteiger partial charge in [-0.3, -0.25) is 0 Å². The number of rotatable bonds is 6. The highest BCUT2D eigenvalue weighted by Gasteiger charge is 2.24. The summed E-state index contributed by atoms with van der Waals surface area (Å²) in [5, 5.41) is 0. The minimum atomic E-state index is -2.59. The molecule has 0 aliphatic heterocycles. The third kappa shape index (κ3) is 8.56. The monoisotopic (exact) mass is 256 g/mol. The topological polar surface area (TPSA) is 0 Å². The molecule has 0 saturated heterocycles. The Morgan fingerprint density at radius 2 is 0.769 bits per heavy atom. The van der Waals surface area contributed by atoms with E-state index in [2.05, 4.69) is 0 Å². The summed E-state index contributed by atoms with van der Waals surface area (Å²) in [5.41, 5.74) is 0. The van der Waals surface area contributed by atoms with Gasteiger partial charge in [-0.05, 0) is 0 Å². The van der Waals surface area contributed by atoms with Crippen molar-refractivity contribution in [2.24, 2.45) is 0 Å². The van der Waals surface area contributed by atoms with Crippen molar-refractivity contribution in [3.63, 3.8) is 0 Å². The fraction of sp³-hybridized carbons (Fsp3) is 1.00. The number of hydrogen-bond donors (Lipinski definition) is 0. The summed E-state index contributed by atoms with van der Waals surface area (Å²) < 4.78 is 70.8. The standard InChI is InChI=1S/C4H10F6Si3/c5-1(6)11-4(12-2(7)8)13-3(9)10/h1-4H,11-13H2. The van der Waals surface area contributed by atoms with E-state index in [-0.39, 0.29) is 0 Å². The Morgan fingerprint density at radius 3 is 0.923 bits per heavy atom. The summed E-state index contributed by atoms with van der Waals surface area (Å²) in [5.74, 6) is 0. The minimum Gasteiger partial charge on any atom is -0.216 e. The van der Waals surface area contributed by atoms with E-state index in [0.29, 0.717) is 0 Å². The third-order valence-corrected chi connectivity index (χ3v) is 10.6. The van der Waals surface area contributed by atoms with E-state index in [4.69, 9.17) is 0 Å². The van der Waals surface area contributed by atoms with Crippen molar-refractivity contribution in [1.82, 2.24) is 0 Å². The van der Waals surface area contributed by atoms with Crippen molar-refractivity contribution in [3.05, 3.63) is 0 Å². The summed E-state index contributed by atoms with van der Waals surface area (Å²) >= 11 is 0. The first-order valence-corrected chi connectivity index (χ1v) is 8.66. The first-order chi connectivity index (χ1) is 5.91. The molecule has 9 heteroatoms. The van der Waals surface area contributed by atoms with Gasteiger partial charge >= 0.3 is 0 Å². The van der Waals surface area contributed by atoms with E-state index < -0.39 is 51.5 Å². The average molecular weight is 256 g/mol. The van der Waals surface area contributed by atoms with Crippen LogP contribution in [0.4, 0.5) is 26.3 Å². The van der Waals surface area contributed by atoms with E-state index in [1.54, 1.807) is 0 Å². The van der Waals surface area contributed by atoms with E-state index in [1.807, 2.05) is 0 Å². The van der Waals surface area contributed by atoms with Crippen LogP contribution in [-0.4, -0.2) is 46.7 Å². The van der Waals surface area contributed by atoms with Crippen LogP contribution in [0.5, 0.6) is 0 Å². The molecule has 0 nitrogen and oxygen atoms in total. The van der Waals surface area contributed by atoms with E-state index in [9.17, 15) is 26.3 Å². The average Bonchev–Trinajstić information content (AvgIpc) is 1.80. The molecule has 0 atom stereocenters. The van der Waals surface area contributed by atoms with Crippen LogP contribution in [0.1, 0.15) is 0 Å². The molecule has 0 fully saturated rings. The fourth-order valence-electron chi connectivity index (χ4n) is 1.04. The normalized spacial score (nSPS) is 17.3. The second kappa shape index (κ2) is 6.65. The maximum atomic E-state index is 11.8. The zero-order chi connectivity index (χ0) is 10.4. The molecule has 0 aliphatic rings. The molecule has 0 aliphatic carbocycles. The lowest BCUT2D eigenvalue weighted by Crippen LogP contribution is -2.30. The largest absolute Gasteiger partial charge is 0.216 e. The van der Waals surface area contributed by atoms with Crippen LogP contribution in [0.2, 0.25) is 4.79 Å². The molecule has 0 saturated carbocycles. The van der Waals surface area contributed by atoms with Gasteiger partial charge in [0.05, 0.1) is 0 Å². The van der Waals surface area contributed by atoms with Crippen LogP contribution in [0, 0.1) is 0 Å². The van der Waals surface area contributed by atoms with Crippen LogP contribution >= 0.6 is 0 Å². The van der Waals surface area contributed by atoms with Gasteiger partial charge < -0.3 is 0 Å². The Hall–Kier alpha value is 0.231. The van der Waals surface area contributed by atoms with Crippen molar-refractivity contribution in [3.8, 4) is 0 Å². The van der Waals surface area contributed by atoms with Gasteiger partial charge in [-0.1, -0.05) is 4.79 Å². The Bertz CT molecular complexity index is 107. The Labute approximate surface area is 78.6 Å². The fourth-order valence-corrected chi connectivity index (χ4v) is 9.40. The second-order valence-electron chi connectivity index (χ2n) is 2.75. The number of alkyl halides is 6.